The van der Waals surface area contributed by atoms with Crippen molar-refractivity contribution in [1.29, 1.82) is 0 Å². The molecular weight excluding hydrogens is 380 g/mol. The fraction of sp³-hybridized carbons (Fsp3) is 0.190. The van der Waals surface area contributed by atoms with E-state index in [9.17, 15) is 5.11 Å². The molecule has 1 aliphatic rings. The van der Waals surface area contributed by atoms with Crippen LogP contribution in [0.1, 0.15) is 12.8 Å². The van der Waals surface area contributed by atoms with E-state index >= 15 is 0 Å². The highest BCUT2D eigenvalue weighted by Crippen LogP contribution is 2.33. The van der Waals surface area contributed by atoms with Crippen LogP contribution in [0.3, 0.4) is 0 Å². The molecule has 5 heterocycles. The molecule has 0 bridgehead atoms. The van der Waals surface area contributed by atoms with Gasteiger partial charge in [0.25, 0.3) is 0 Å². The number of aromatic nitrogens is 7. The molecule has 0 amide bonds. The van der Waals surface area contributed by atoms with Crippen molar-refractivity contribution < 1.29 is 5.11 Å². The van der Waals surface area contributed by atoms with E-state index in [-0.39, 0.29) is 0 Å². The molecule has 0 aromatic carbocycles. The first-order valence-electron chi connectivity index (χ1n) is 9.80. The van der Waals surface area contributed by atoms with E-state index in [0.717, 1.165) is 46.2 Å². The van der Waals surface area contributed by atoms with E-state index < -0.39 is 6.23 Å². The third-order valence-electron chi connectivity index (χ3n) is 5.35. The van der Waals surface area contributed by atoms with Gasteiger partial charge in [-0.1, -0.05) is 0 Å². The number of pyridine rings is 3. The number of aliphatic hydroxyl groups is 1. The number of hydrogen-bond acceptors (Lipinski definition) is 7. The molecule has 5 aromatic rings. The Morgan fingerprint density at radius 1 is 1.10 bits per heavy atom. The first kappa shape index (κ1) is 17.0. The van der Waals surface area contributed by atoms with Crippen LogP contribution in [0.5, 0.6) is 0 Å². The highest BCUT2D eigenvalue weighted by molar-refractivity contribution is 5.94. The zero-order valence-electron chi connectivity index (χ0n) is 15.9. The van der Waals surface area contributed by atoms with Gasteiger partial charge in [0, 0.05) is 29.3 Å². The smallest absolute Gasteiger partial charge is 0.178 e. The summed E-state index contributed by atoms with van der Waals surface area (Å²) in [5.74, 6) is 0.975. The summed E-state index contributed by atoms with van der Waals surface area (Å²) < 4.78 is 0. The van der Waals surface area contributed by atoms with E-state index in [1.165, 1.54) is 0 Å². The number of imidazole rings is 1. The molecular formula is C21H18N8O. The summed E-state index contributed by atoms with van der Waals surface area (Å²) in [4.78, 5) is 21.0. The largest absolute Gasteiger partial charge is 0.374 e. The third kappa shape index (κ3) is 2.96. The topological polar surface area (TPSA) is 128 Å². The molecule has 1 unspecified atom stereocenters. The van der Waals surface area contributed by atoms with Crippen molar-refractivity contribution in [2.45, 2.75) is 19.1 Å². The van der Waals surface area contributed by atoms with E-state index in [1.807, 2.05) is 24.3 Å². The Labute approximate surface area is 170 Å². The van der Waals surface area contributed by atoms with Crippen LogP contribution < -0.4 is 5.32 Å². The van der Waals surface area contributed by atoms with Crippen LogP contribution in [0.25, 0.3) is 44.8 Å². The molecule has 5 aromatic heterocycles. The van der Waals surface area contributed by atoms with Crippen LogP contribution >= 0.6 is 0 Å². The number of anilines is 1. The molecule has 1 saturated carbocycles. The Hall–Kier alpha value is -3.85. The van der Waals surface area contributed by atoms with E-state index in [4.69, 9.17) is 0 Å². The number of rotatable bonds is 5. The SMILES string of the molecule is OC(Nc1cncc(-c2cc3c(-c4nc5ncccc5[nH]4)n[nH]c3cn2)c1)C1CC1. The van der Waals surface area contributed by atoms with Gasteiger partial charge >= 0.3 is 0 Å². The van der Waals surface area contributed by atoms with Crippen LogP contribution in [0.2, 0.25) is 0 Å². The van der Waals surface area contributed by atoms with Crippen LogP contribution in [-0.4, -0.2) is 46.5 Å². The van der Waals surface area contributed by atoms with Gasteiger partial charge in [-0.2, -0.15) is 5.10 Å². The Morgan fingerprint density at radius 2 is 2.03 bits per heavy atom. The number of aliphatic hydroxyl groups excluding tert-OH is 1. The average molecular weight is 398 g/mol. The maximum Gasteiger partial charge on any atom is 0.178 e. The second kappa shape index (κ2) is 6.60. The predicted octanol–water partition coefficient (Wildman–Crippen LogP) is 3.10. The molecule has 1 fully saturated rings. The molecule has 9 nitrogen and oxygen atoms in total. The second-order valence-corrected chi connectivity index (χ2v) is 7.54. The van der Waals surface area contributed by atoms with Crippen LogP contribution in [0, 0.1) is 5.92 Å². The highest BCUT2D eigenvalue weighted by atomic mass is 16.3. The lowest BCUT2D eigenvalue weighted by Gasteiger charge is -2.13. The predicted molar refractivity (Wildman–Crippen MR) is 112 cm³/mol. The molecule has 1 aliphatic carbocycles. The van der Waals surface area contributed by atoms with Gasteiger partial charge in [-0.05, 0) is 37.1 Å². The fourth-order valence-electron chi connectivity index (χ4n) is 3.57. The highest BCUT2D eigenvalue weighted by Gasteiger charge is 2.29. The van der Waals surface area contributed by atoms with Crippen molar-refractivity contribution in [3.8, 4) is 22.8 Å². The Bertz CT molecular complexity index is 1340. The number of aromatic amines is 2. The summed E-state index contributed by atoms with van der Waals surface area (Å²) in [5.41, 5.74) is 5.40. The number of fused-ring (bicyclic) bond motifs is 2. The minimum atomic E-state index is -0.542. The van der Waals surface area contributed by atoms with Crippen molar-refractivity contribution in [2.75, 3.05) is 5.32 Å². The van der Waals surface area contributed by atoms with Crippen molar-refractivity contribution in [2.24, 2.45) is 5.92 Å². The molecule has 6 rings (SSSR count). The summed E-state index contributed by atoms with van der Waals surface area (Å²) in [5, 5.41) is 21.6. The molecule has 0 saturated heterocycles. The summed E-state index contributed by atoms with van der Waals surface area (Å²) >= 11 is 0. The van der Waals surface area contributed by atoms with Crippen LogP contribution in [0.15, 0.2) is 49.1 Å². The molecule has 0 radical (unpaired) electrons. The second-order valence-electron chi connectivity index (χ2n) is 7.54. The summed E-state index contributed by atoms with van der Waals surface area (Å²) in [7, 11) is 0. The van der Waals surface area contributed by atoms with Crippen molar-refractivity contribution >= 4 is 27.8 Å². The van der Waals surface area contributed by atoms with Gasteiger partial charge in [-0.3, -0.25) is 15.1 Å². The van der Waals surface area contributed by atoms with Gasteiger partial charge in [-0.15, -0.1) is 0 Å². The molecule has 30 heavy (non-hydrogen) atoms. The average Bonchev–Trinajstić information content (AvgIpc) is 3.40. The standard InChI is InChI=1S/C21H18N8O/c30-21(11-3-4-11)25-13-6-12(8-22-9-13)16-7-14-17(10-24-16)28-29-18(14)20-26-15-2-1-5-23-19(15)27-20/h1-2,5-11,21,25,30H,3-4H2,(H,28,29)(H,23,26,27). The molecule has 4 N–H and O–H groups in total. The monoisotopic (exact) mass is 398 g/mol. The zero-order chi connectivity index (χ0) is 20.1. The van der Waals surface area contributed by atoms with E-state index in [0.29, 0.717) is 23.1 Å². The maximum atomic E-state index is 10.2. The number of hydrogen-bond donors (Lipinski definition) is 4. The Morgan fingerprint density at radius 3 is 2.90 bits per heavy atom. The molecule has 9 heteroatoms. The molecule has 1 atom stereocenters. The van der Waals surface area contributed by atoms with Crippen molar-refractivity contribution in [3.05, 3.63) is 49.1 Å². The van der Waals surface area contributed by atoms with E-state index in [1.54, 1.807) is 24.8 Å². The molecule has 0 spiro atoms. The summed E-state index contributed by atoms with van der Waals surface area (Å²) in [6, 6.07) is 7.70. The lowest BCUT2D eigenvalue weighted by molar-refractivity contribution is 0.180. The first-order chi connectivity index (χ1) is 14.7. The molecule has 0 aliphatic heterocycles. The van der Waals surface area contributed by atoms with Gasteiger partial charge in [0.2, 0.25) is 0 Å². The molecule has 148 valence electrons. The van der Waals surface area contributed by atoms with Gasteiger partial charge in [0.15, 0.2) is 11.5 Å². The first-order valence-corrected chi connectivity index (χ1v) is 9.80. The van der Waals surface area contributed by atoms with Gasteiger partial charge < -0.3 is 15.4 Å². The summed E-state index contributed by atoms with van der Waals surface area (Å²) in [6.45, 7) is 0. The van der Waals surface area contributed by atoms with Gasteiger partial charge in [-0.25, -0.2) is 9.97 Å². The lowest BCUT2D eigenvalue weighted by Crippen LogP contribution is -2.20. The Kier molecular flexibility index (Phi) is 3.75. The van der Waals surface area contributed by atoms with Crippen LogP contribution in [0.4, 0.5) is 5.69 Å². The number of nitrogens with one attached hydrogen (secondary N) is 3. The normalized spacial score (nSPS) is 15.0. The minimum absolute atomic E-state index is 0.329. The number of H-pyrrole nitrogens is 2. The van der Waals surface area contributed by atoms with Gasteiger partial charge in [0.05, 0.1) is 34.8 Å². The quantitative estimate of drug-likeness (QED) is 0.335. The zero-order valence-corrected chi connectivity index (χ0v) is 15.9. The maximum absolute atomic E-state index is 10.2. The Balaban J connectivity index is 1.39. The van der Waals surface area contributed by atoms with Gasteiger partial charge in [0.1, 0.15) is 11.9 Å². The summed E-state index contributed by atoms with van der Waals surface area (Å²) in [6.07, 6.45) is 8.50. The lowest BCUT2D eigenvalue weighted by atomic mass is 10.1. The minimum Gasteiger partial charge on any atom is -0.374 e. The third-order valence-corrected chi connectivity index (χ3v) is 5.35. The van der Waals surface area contributed by atoms with Crippen LogP contribution in [-0.2, 0) is 0 Å². The number of nitrogens with zero attached hydrogens (tertiary/aromatic N) is 5. The van der Waals surface area contributed by atoms with Crippen molar-refractivity contribution in [3.63, 3.8) is 0 Å². The van der Waals surface area contributed by atoms with E-state index in [2.05, 4.69) is 40.4 Å². The fourth-order valence-corrected chi connectivity index (χ4v) is 3.57. The van der Waals surface area contributed by atoms with Crippen molar-refractivity contribution in [1.82, 2.24) is 35.1 Å².